The Labute approximate surface area is 84.4 Å². The van der Waals surface area contributed by atoms with Gasteiger partial charge in [0.05, 0.1) is 12.8 Å². The Hall–Kier alpha value is -1.06. The number of rotatable bonds is 2. The van der Waals surface area contributed by atoms with Crippen LogP contribution in [0, 0.1) is 6.92 Å². The fourth-order valence-corrected chi connectivity index (χ4v) is 1.98. The van der Waals surface area contributed by atoms with Crippen LogP contribution in [-0.4, -0.2) is 13.7 Å². The van der Waals surface area contributed by atoms with Crippen LogP contribution >= 0.6 is 0 Å². The molecule has 14 heavy (non-hydrogen) atoms. The van der Waals surface area contributed by atoms with Gasteiger partial charge in [-0.05, 0) is 42.6 Å². The highest BCUT2D eigenvalue weighted by molar-refractivity contribution is 5.56. The molecule has 1 aliphatic heterocycles. The van der Waals surface area contributed by atoms with Crippen molar-refractivity contribution in [2.45, 2.75) is 19.9 Å². The second kappa shape index (κ2) is 3.98. The third-order valence-electron chi connectivity index (χ3n) is 2.57. The van der Waals surface area contributed by atoms with Crippen LogP contribution < -0.4 is 10.8 Å². The Morgan fingerprint density at radius 1 is 1.43 bits per heavy atom. The van der Waals surface area contributed by atoms with Gasteiger partial charge in [0.25, 0.3) is 0 Å². The SMILES string of the molecule is CONc1cc(C)cc2c1CCNC2. The first-order valence-electron chi connectivity index (χ1n) is 4.93. The van der Waals surface area contributed by atoms with E-state index in [1.807, 2.05) is 0 Å². The lowest BCUT2D eigenvalue weighted by Gasteiger charge is -2.21. The summed E-state index contributed by atoms with van der Waals surface area (Å²) in [5.41, 5.74) is 8.10. The van der Waals surface area contributed by atoms with E-state index >= 15 is 0 Å². The average molecular weight is 192 g/mol. The van der Waals surface area contributed by atoms with E-state index in [0.29, 0.717) is 0 Å². The van der Waals surface area contributed by atoms with Crippen LogP contribution in [0.1, 0.15) is 16.7 Å². The van der Waals surface area contributed by atoms with Gasteiger partial charge in [-0.1, -0.05) is 6.07 Å². The fourth-order valence-electron chi connectivity index (χ4n) is 1.98. The minimum absolute atomic E-state index is 0.968. The quantitative estimate of drug-likeness (QED) is 0.698. The number of anilines is 1. The first-order chi connectivity index (χ1) is 6.81. The zero-order chi connectivity index (χ0) is 9.97. The van der Waals surface area contributed by atoms with Crippen LogP contribution in [0.4, 0.5) is 5.69 Å². The summed E-state index contributed by atoms with van der Waals surface area (Å²) in [4.78, 5) is 4.98. The highest BCUT2D eigenvalue weighted by atomic mass is 16.6. The molecule has 2 N–H and O–H groups in total. The van der Waals surface area contributed by atoms with Crippen LogP contribution in [0.5, 0.6) is 0 Å². The summed E-state index contributed by atoms with van der Waals surface area (Å²) in [6.07, 6.45) is 1.07. The molecule has 76 valence electrons. The monoisotopic (exact) mass is 192 g/mol. The molecule has 0 spiro atoms. The van der Waals surface area contributed by atoms with Gasteiger partial charge in [0.15, 0.2) is 0 Å². The van der Waals surface area contributed by atoms with Crippen molar-refractivity contribution < 1.29 is 4.84 Å². The Morgan fingerprint density at radius 3 is 3.07 bits per heavy atom. The molecule has 0 unspecified atom stereocenters. The lowest BCUT2D eigenvalue weighted by molar-refractivity contribution is 0.270. The number of benzene rings is 1. The van der Waals surface area contributed by atoms with Crippen molar-refractivity contribution in [3.63, 3.8) is 0 Å². The third kappa shape index (κ3) is 1.74. The van der Waals surface area contributed by atoms with Crippen molar-refractivity contribution in [3.05, 3.63) is 28.8 Å². The van der Waals surface area contributed by atoms with Gasteiger partial charge in [-0.2, -0.15) is 0 Å². The maximum Gasteiger partial charge on any atom is 0.0642 e. The number of fused-ring (bicyclic) bond motifs is 1. The van der Waals surface area contributed by atoms with Gasteiger partial charge in [-0.3, -0.25) is 10.3 Å². The average Bonchev–Trinajstić information content (AvgIpc) is 2.18. The molecule has 0 aromatic heterocycles. The van der Waals surface area contributed by atoms with E-state index in [1.54, 1.807) is 7.11 Å². The topological polar surface area (TPSA) is 33.3 Å². The maximum absolute atomic E-state index is 4.98. The van der Waals surface area contributed by atoms with Crippen molar-refractivity contribution in [2.24, 2.45) is 0 Å². The first kappa shape index (κ1) is 9.49. The smallest absolute Gasteiger partial charge is 0.0642 e. The van der Waals surface area contributed by atoms with Crippen molar-refractivity contribution in [1.82, 2.24) is 5.32 Å². The number of hydrogen-bond donors (Lipinski definition) is 2. The molecule has 3 heteroatoms. The van der Waals surface area contributed by atoms with Gasteiger partial charge < -0.3 is 5.32 Å². The van der Waals surface area contributed by atoms with Crippen molar-refractivity contribution in [1.29, 1.82) is 0 Å². The minimum Gasteiger partial charge on any atom is -0.312 e. The summed E-state index contributed by atoms with van der Waals surface area (Å²) in [6, 6.07) is 4.37. The van der Waals surface area contributed by atoms with Crippen LogP contribution in [0.2, 0.25) is 0 Å². The molecule has 1 heterocycles. The van der Waals surface area contributed by atoms with Gasteiger partial charge in [-0.15, -0.1) is 0 Å². The molecule has 0 amide bonds. The Kier molecular flexibility index (Phi) is 2.70. The third-order valence-corrected chi connectivity index (χ3v) is 2.57. The summed E-state index contributed by atoms with van der Waals surface area (Å²) in [5.74, 6) is 0. The predicted octanol–water partition coefficient (Wildman–Crippen LogP) is 1.61. The summed E-state index contributed by atoms with van der Waals surface area (Å²) in [7, 11) is 1.65. The second-order valence-corrected chi connectivity index (χ2v) is 3.68. The lowest BCUT2D eigenvalue weighted by atomic mass is 9.97. The lowest BCUT2D eigenvalue weighted by Crippen LogP contribution is -2.24. The summed E-state index contributed by atoms with van der Waals surface area (Å²) in [6.45, 7) is 4.12. The predicted molar refractivity (Wildman–Crippen MR) is 57.2 cm³/mol. The van der Waals surface area contributed by atoms with Crippen molar-refractivity contribution >= 4 is 5.69 Å². The molecule has 0 atom stereocenters. The molecule has 1 aromatic rings. The summed E-state index contributed by atoms with van der Waals surface area (Å²) >= 11 is 0. The fraction of sp³-hybridized carbons (Fsp3) is 0.455. The zero-order valence-electron chi connectivity index (χ0n) is 8.68. The van der Waals surface area contributed by atoms with Crippen LogP contribution in [0.25, 0.3) is 0 Å². The van der Waals surface area contributed by atoms with E-state index in [0.717, 1.165) is 25.2 Å². The van der Waals surface area contributed by atoms with Gasteiger partial charge in [0.2, 0.25) is 0 Å². The van der Waals surface area contributed by atoms with E-state index in [-0.39, 0.29) is 0 Å². The Bertz CT molecular complexity index is 336. The Morgan fingerprint density at radius 2 is 2.29 bits per heavy atom. The molecule has 0 saturated carbocycles. The second-order valence-electron chi connectivity index (χ2n) is 3.68. The van der Waals surface area contributed by atoms with E-state index in [9.17, 15) is 0 Å². The molecular weight excluding hydrogens is 176 g/mol. The number of hydrogen-bond acceptors (Lipinski definition) is 3. The normalized spacial score (nSPS) is 15.0. The molecular formula is C11H16N2O. The van der Waals surface area contributed by atoms with E-state index in [1.165, 1.54) is 16.7 Å². The molecule has 3 nitrogen and oxygen atoms in total. The number of aryl methyl sites for hydroxylation is 1. The highest BCUT2D eigenvalue weighted by Gasteiger charge is 2.13. The minimum atomic E-state index is 0.968. The van der Waals surface area contributed by atoms with Gasteiger partial charge in [-0.25, -0.2) is 0 Å². The van der Waals surface area contributed by atoms with E-state index in [4.69, 9.17) is 4.84 Å². The molecule has 1 aliphatic rings. The van der Waals surface area contributed by atoms with Gasteiger partial charge in [0.1, 0.15) is 0 Å². The largest absolute Gasteiger partial charge is 0.312 e. The number of nitrogens with one attached hydrogen (secondary N) is 2. The van der Waals surface area contributed by atoms with E-state index < -0.39 is 0 Å². The molecule has 1 aromatic carbocycles. The zero-order valence-corrected chi connectivity index (χ0v) is 8.68. The summed E-state index contributed by atoms with van der Waals surface area (Å²) < 4.78 is 0. The summed E-state index contributed by atoms with van der Waals surface area (Å²) in [5, 5.41) is 3.37. The van der Waals surface area contributed by atoms with Crippen molar-refractivity contribution in [2.75, 3.05) is 19.1 Å². The molecule has 0 saturated heterocycles. The van der Waals surface area contributed by atoms with Gasteiger partial charge >= 0.3 is 0 Å². The van der Waals surface area contributed by atoms with E-state index in [2.05, 4.69) is 29.9 Å². The molecule has 0 radical (unpaired) electrons. The molecule has 0 bridgehead atoms. The molecule has 2 rings (SSSR count). The van der Waals surface area contributed by atoms with Gasteiger partial charge in [0, 0.05) is 6.54 Å². The first-order valence-corrected chi connectivity index (χ1v) is 4.93. The Balaban J connectivity index is 2.41. The van der Waals surface area contributed by atoms with Crippen LogP contribution in [0.3, 0.4) is 0 Å². The highest BCUT2D eigenvalue weighted by Crippen LogP contribution is 2.25. The van der Waals surface area contributed by atoms with Crippen LogP contribution in [0.15, 0.2) is 12.1 Å². The molecule has 0 fully saturated rings. The van der Waals surface area contributed by atoms with Crippen LogP contribution in [-0.2, 0) is 17.8 Å². The van der Waals surface area contributed by atoms with Crippen molar-refractivity contribution in [3.8, 4) is 0 Å². The molecule has 0 aliphatic carbocycles. The standard InChI is InChI=1S/C11H16N2O/c1-8-5-9-7-12-4-3-10(9)11(6-8)13-14-2/h5-6,12-13H,3-4,7H2,1-2H3. The maximum atomic E-state index is 4.98.